The van der Waals surface area contributed by atoms with E-state index < -0.39 is 0 Å². The molecule has 0 atom stereocenters. The predicted molar refractivity (Wildman–Crippen MR) is 57.4 cm³/mol. The summed E-state index contributed by atoms with van der Waals surface area (Å²) in [5.41, 5.74) is 0. The lowest BCUT2D eigenvalue weighted by Crippen LogP contribution is -2.22. The van der Waals surface area contributed by atoms with Gasteiger partial charge in [0.2, 0.25) is 5.91 Å². The van der Waals surface area contributed by atoms with Crippen molar-refractivity contribution in [2.75, 3.05) is 19.4 Å². The zero-order chi connectivity index (χ0) is 11.7. The van der Waals surface area contributed by atoms with E-state index in [4.69, 9.17) is 0 Å². The van der Waals surface area contributed by atoms with Gasteiger partial charge in [-0.2, -0.15) is 0 Å². The van der Waals surface area contributed by atoms with Crippen molar-refractivity contribution in [1.82, 2.24) is 5.32 Å². The second kappa shape index (κ2) is 8.28. The highest BCUT2D eigenvalue weighted by atomic mass is 32.2. The monoisotopic (exact) mass is 233 g/mol. The summed E-state index contributed by atoms with van der Waals surface area (Å²) in [6.07, 6.45) is 0.292. The maximum atomic E-state index is 11.2. The summed E-state index contributed by atoms with van der Waals surface area (Å²) in [7, 11) is 1.29. The molecule has 5 nitrogen and oxygen atoms in total. The first-order chi connectivity index (χ1) is 7.06. The number of rotatable bonds is 6. The van der Waals surface area contributed by atoms with E-state index >= 15 is 0 Å². The largest absolute Gasteiger partial charge is 0.469 e. The lowest BCUT2D eigenvalue weighted by Gasteiger charge is -2.01. The first-order valence-electron chi connectivity index (χ1n) is 4.53. The standard InChI is InChI=1S/C9H15NO4S/c1-7(11)10-5-6-15-9(13)4-3-8(12)14-2/h3-6H2,1-2H3,(H,10,11). The van der Waals surface area contributed by atoms with Crippen molar-refractivity contribution in [3.05, 3.63) is 0 Å². The van der Waals surface area contributed by atoms with E-state index in [-0.39, 0.29) is 29.8 Å². The van der Waals surface area contributed by atoms with Gasteiger partial charge in [0.25, 0.3) is 0 Å². The van der Waals surface area contributed by atoms with Crippen LogP contribution in [0.3, 0.4) is 0 Å². The molecule has 15 heavy (non-hydrogen) atoms. The van der Waals surface area contributed by atoms with E-state index in [9.17, 15) is 14.4 Å². The fourth-order valence-corrected chi connectivity index (χ4v) is 1.45. The normalized spacial score (nSPS) is 9.47. The summed E-state index contributed by atoms with van der Waals surface area (Å²) in [5.74, 6) is 0.0305. The summed E-state index contributed by atoms with van der Waals surface area (Å²) >= 11 is 1.11. The van der Waals surface area contributed by atoms with Crippen molar-refractivity contribution in [2.24, 2.45) is 0 Å². The highest BCUT2D eigenvalue weighted by molar-refractivity contribution is 8.13. The molecule has 0 aliphatic carbocycles. The van der Waals surface area contributed by atoms with Crippen molar-refractivity contribution in [1.29, 1.82) is 0 Å². The van der Waals surface area contributed by atoms with Gasteiger partial charge in [-0.3, -0.25) is 14.4 Å². The minimum absolute atomic E-state index is 0.0641. The quantitative estimate of drug-likeness (QED) is 0.529. The number of nitrogens with one attached hydrogen (secondary N) is 1. The first-order valence-corrected chi connectivity index (χ1v) is 5.51. The Labute approximate surface area is 92.9 Å². The Bertz CT molecular complexity index is 242. The summed E-state index contributed by atoms with van der Waals surface area (Å²) in [6.45, 7) is 1.88. The SMILES string of the molecule is COC(=O)CCC(=O)SCCNC(C)=O. The van der Waals surface area contributed by atoms with Gasteiger partial charge >= 0.3 is 5.97 Å². The molecule has 0 aromatic heterocycles. The van der Waals surface area contributed by atoms with Crippen molar-refractivity contribution < 1.29 is 19.1 Å². The number of carbonyl (C=O) groups is 3. The average molecular weight is 233 g/mol. The third kappa shape index (κ3) is 9.27. The number of hydrogen-bond donors (Lipinski definition) is 1. The minimum Gasteiger partial charge on any atom is -0.469 e. The van der Waals surface area contributed by atoms with Crippen molar-refractivity contribution in [2.45, 2.75) is 19.8 Å². The molecule has 86 valence electrons. The Morgan fingerprint density at radius 1 is 1.27 bits per heavy atom. The van der Waals surface area contributed by atoms with Gasteiger partial charge in [0.05, 0.1) is 13.5 Å². The van der Waals surface area contributed by atoms with E-state index in [2.05, 4.69) is 10.1 Å². The highest BCUT2D eigenvalue weighted by Gasteiger charge is 2.07. The highest BCUT2D eigenvalue weighted by Crippen LogP contribution is 2.06. The Kier molecular flexibility index (Phi) is 7.71. The second-order valence-electron chi connectivity index (χ2n) is 2.78. The van der Waals surface area contributed by atoms with Gasteiger partial charge in [-0.15, -0.1) is 0 Å². The average Bonchev–Trinajstić information content (AvgIpc) is 2.20. The molecule has 1 amide bonds. The van der Waals surface area contributed by atoms with Gasteiger partial charge in [-0.1, -0.05) is 11.8 Å². The fraction of sp³-hybridized carbons (Fsp3) is 0.667. The lowest BCUT2D eigenvalue weighted by molar-refractivity contribution is -0.141. The van der Waals surface area contributed by atoms with Crippen LogP contribution in [0.15, 0.2) is 0 Å². The molecule has 0 heterocycles. The number of carbonyl (C=O) groups excluding carboxylic acids is 3. The molecule has 1 N–H and O–H groups in total. The number of hydrogen-bond acceptors (Lipinski definition) is 5. The molecule has 0 aliphatic heterocycles. The second-order valence-corrected chi connectivity index (χ2v) is 3.93. The summed E-state index contributed by atoms with van der Waals surface area (Å²) < 4.78 is 4.40. The number of amides is 1. The van der Waals surface area contributed by atoms with Crippen LogP contribution in [0.1, 0.15) is 19.8 Å². The van der Waals surface area contributed by atoms with Gasteiger partial charge in [0.15, 0.2) is 5.12 Å². The summed E-state index contributed by atoms with van der Waals surface area (Å²) in [6, 6.07) is 0. The number of methoxy groups -OCH3 is 1. The van der Waals surface area contributed by atoms with Gasteiger partial charge in [-0.05, 0) is 0 Å². The molecule has 0 unspecified atom stereocenters. The van der Waals surface area contributed by atoms with Crippen LogP contribution in [0, 0.1) is 0 Å². The maximum Gasteiger partial charge on any atom is 0.305 e. The molecule has 0 radical (unpaired) electrons. The number of esters is 1. The van der Waals surface area contributed by atoms with Gasteiger partial charge in [0.1, 0.15) is 0 Å². The molecule has 0 fully saturated rings. The molecular formula is C9H15NO4S. The topological polar surface area (TPSA) is 72.5 Å². The predicted octanol–water partition coefficient (Wildman–Crippen LogP) is 0.335. The van der Waals surface area contributed by atoms with E-state index in [1.54, 1.807) is 0 Å². The van der Waals surface area contributed by atoms with Crippen molar-refractivity contribution in [3.8, 4) is 0 Å². The molecule has 0 bridgehead atoms. The van der Waals surface area contributed by atoms with Crippen LogP contribution >= 0.6 is 11.8 Å². The molecule has 0 aromatic carbocycles. The molecule has 0 aromatic rings. The van der Waals surface area contributed by atoms with Crippen LogP contribution in [0.2, 0.25) is 0 Å². The molecule has 0 saturated heterocycles. The number of thioether (sulfide) groups is 1. The van der Waals surface area contributed by atoms with Gasteiger partial charge < -0.3 is 10.1 Å². The van der Waals surface area contributed by atoms with Crippen LogP contribution in [0.25, 0.3) is 0 Å². The first kappa shape index (κ1) is 14.0. The molecule has 0 rings (SSSR count). The molecule has 0 aliphatic rings. The van der Waals surface area contributed by atoms with Gasteiger partial charge in [-0.25, -0.2) is 0 Å². The Hall–Kier alpha value is -1.04. The van der Waals surface area contributed by atoms with Gasteiger partial charge in [0, 0.05) is 25.6 Å². The fourth-order valence-electron chi connectivity index (χ4n) is 0.770. The Morgan fingerprint density at radius 2 is 1.93 bits per heavy atom. The lowest BCUT2D eigenvalue weighted by atomic mass is 10.3. The smallest absolute Gasteiger partial charge is 0.305 e. The van der Waals surface area contributed by atoms with Crippen LogP contribution in [-0.4, -0.2) is 36.4 Å². The van der Waals surface area contributed by atoms with Crippen LogP contribution in [-0.2, 0) is 19.1 Å². The molecular weight excluding hydrogens is 218 g/mol. The van der Waals surface area contributed by atoms with Crippen LogP contribution in [0.5, 0.6) is 0 Å². The van der Waals surface area contributed by atoms with Crippen LogP contribution in [0.4, 0.5) is 0 Å². The summed E-state index contributed by atoms with van der Waals surface area (Å²) in [5, 5.41) is 2.51. The van der Waals surface area contributed by atoms with E-state index in [0.29, 0.717) is 12.3 Å². The van der Waals surface area contributed by atoms with E-state index in [0.717, 1.165) is 11.8 Å². The third-order valence-corrected chi connectivity index (χ3v) is 2.43. The van der Waals surface area contributed by atoms with E-state index in [1.165, 1.54) is 14.0 Å². The third-order valence-electron chi connectivity index (χ3n) is 1.50. The van der Waals surface area contributed by atoms with Crippen molar-refractivity contribution >= 4 is 28.8 Å². The Morgan fingerprint density at radius 3 is 2.47 bits per heavy atom. The van der Waals surface area contributed by atoms with Crippen LogP contribution < -0.4 is 5.32 Å². The van der Waals surface area contributed by atoms with E-state index in [1.807, 2.05) is 0 Å². The minimum atomic E-state index is -0.384. The van der Waals surface area contributed by atoms with Crippen molar-refractivity contribution in [3.63, 3.8) is 0 Å². The molecule has 0 spiro atoms. The number of ether oxygens (including phenoxy) is 1. The zero-order valence-electron chi connectivity index (χ0n) is 8.87. The maximum absolute atomic E-state index is 11.2. The Balaban J connectivity index is 3.41. The summed E-state index contributed by atoms with van der Waals surface area (Å²) in [4.78, 5) is 32.3. The molecule has 0 saturated carbocycles. The molecule has 6 heteroatoms. The zero-order valence-corrected chi connectivity index (χ0v) is 9.69.